The maximum Gasteiger partial charge on any atom is 0.240 e. The summed E-state index contributed by atoms with van der Waals surface area (Å²) in [6.07, 6.45) is 4.85. The average Bonchev–Trinajstić information content (AvgIpc) is 3.26. The van der Waals surface area contributed by atoms with Gasteiger partial charge in [0.05, 0.1) is 11.8 Å². The number of phenolic OH excluding ortho intramolecular Hbond substituents is 1. The minimum absolute atomic E-state index is 0.0475. The van der Waals surface area contributed by atoms with E-state index in [2.05, 4.69) is 5.32 Å². The molecule has 1 aliphatic heterocycles. The highest BCUT2D eigenvalue weighted by atomic mass is 19.1. The van der Waals surface area contributed by atoms with Gasteiger partial charge in [-0.25, -0.2) is 4.39 Å². The van der Waals surface area contributed by atoms with E-state index in [0.29, 0.717) is 5.56 Å². The molecule has 0 unspecified atom stereocenters. The summed E-state index contributed by atoms with van der Waals surface area (Å²) in [5.41, 5.74) is 0.474. The van der Waals surface area contributed by atoms with Crippen LogP contribution in [0.2, 0.25) is 0 Å². The molecule has 0 spiro atoms. The molecule has 1 aromatic carbocycles. The number of carbonyl (C=O) groups is 3. The first-order valence-corrected chi connectivity index (χ1v) is 8.23. The van der Waals surface area contributed by atoms with Gasteiger partial charge in [-0.1, -0.05) is 18.2 Å². The Morgan fingerprint density at radius 2 is 1.84 bits per heavy atom. The van der Waals surface area contributed by atoms with E-state index in [1.807, 2.05) is 12.2 Å². The maximum absolute atomic E-state index is 13.3. The van der Waals surface area contributed by atoms with Gasteiger partial charge in [-0.2, -0.15) is 0 Å². The Labute approximate surface area is 143 Å². The van der Waals surface area contributed by atoms with Gasteiger partial charge in [0.1, 0.15) is 6.54 Å². The van der Waals surface area contributed by atoms with Crippen LogP contribution >= 0.6 is 0 Å². The Kier molecular flexibility index (Phi) is 3.59. The molecule has 4 atom stereocenters. The second-order valence-electron chi connectivity index (χ2n) is 6.82. The van der Waals surface area contributed by atoms with Gasteiger partial charge in [0.15, 0.2) is 11.6 Å². The number of halogens is 1. The van der Waals surface area contributed by atoms with Crippen LogP contribution in [0.1, 0.15) is 12.0 Å². The summed E-state index contributed by atoms with van der Waals surface area (Å²) in [5, 5.41) is 11.7. The van der Waals surface area contributed by atoms with Gasteiger partial charge in [-0.15, -0.1) is 0 Å². The monoisotopic (exact) mass is 344 g/mol. The van der Waals surface area contributed by atoms with E-state index >= 15 is 0 Å². The number of nitrogens with zero attached hydrogens (tertiary/aromatic N) is 1. The molecule has 1 saturated carbocycles. The van der Waals surface area contributed by atoms with Gasteiger partial charge >= 0.3 is 0 Å². The first-order valence-electron chi connectivity index (χ1n) is 8.23. The summed E-state index contributed by atoms with van der Waals surface area (Å²) in [5.74, 6) is -2.65. The topological polar surface area (TPSA) is 86.7 Å². The molecule has 1 saturated heterocycles. The number of hydrogen-bond donors (Lipinski definition) is 2. The molecule has 1 aromatic rings. The summed E-state index contributed by atoms with van der Waals surface area (Å²) in [6, 6.07) is 3.81. The van der Waals surface area contributed by atoms with Crippen molar-refractivity contribution >= 4 is 17.7 Å². The smallest absolute Gasteiger partial charge is 0.240 e. The van der Waals surface area contributed by atoms with Crippen molar-refractivity contribution < 1.29 is 23.9 Å². The van der Waals surface area contributed by atoms with Crippen molar-refractivity contribution in [3.8, 4) is 5.75 Å². The van der Waals surface area contributed by atoms with Crippen LogP contribution in [0.15, 0.2) is 30.4 Å². The fourth-order valence-corrected chi connectivity index (χ4v) is 4.18. The molecule has 25 heavy (non-hydrogen) atoms. The van der Waals surface area contributed by atoms with Gasteiger partial charge in [-0.05, 0) is 36.0 Å². The molecule has 3 aliphatic rings. The third-order valence-electron chi connectivity index (χ3n) is 5.37. The number of amides is 3. The van der Waals surface area contributed by atoms with E-state index in [9.17, 15) is 18.8 Å². The Morgan fingerprint density at radius 1 is 1.20 bits per heavy atom. The Balaban J connectivity index is 1.37. The van der Waals surface area contributed by atoms with Crippen LogP contribution in [0.4, 0.5) is 4.39 Å². The van der Waals surface area contributed by atoms with Gasteiger partial charge < -0.3 is 10.4 Å². The number of rotatable bonds is 4. The highest BCUT2D eigenvalue weighted by Crippen LogP contribution is 2.52. The molecule has 3 amide bonds. The number of benzene rings is 1. The van der Waals surface area contributed by atoms with E-state index in [4.69, 9.17) is 5.11 Å². The third kappa shape index (κ3) is 2.50. The molecule has 0 aromatic heterocycles. The van der Waals surface area contributed by atoms with Crippen LogP contribution in [0, 0.1) is 29.5 Å². The first kappa shape index (κ1) is 15.8. The number of aromatic hydroxyl groups is 1. The van der Waals surface area contributed by atoms with Crippen molar-refractivity contribution in [1.82, 2.24) is 10.2 Å². The summed E-state index contributed by atoms with van der Waals surface area (Å²) >= 11 is 0. The van der Waals surface area contributed by atoms with Crippen LogP contribution in [0.5, 0.6) is 5.75 Å². The molecule has 1 heterocycles. The van der Waals surface area contributed by atoms with Gasteiger partial charge in [0, 0.05) is 6.54 Å². The van der Waals surface area contributed by atoms with Crippen LogP contribution in [-0.4, -0.2) is 34.3 Å². The zero-order chi connectivity index (χ0) is 17.7. The van der Waals surface area contributed by atoms with Gasteiger partial charge in [0.25, 0.3) is 0 Å². The summed E-state index contributed by atoms with van der Waals surface area (Å²) in [7, 11) is 0. The van der Waals surface area contributed by atoms with Crippen molar-refractivity contribution in [2.45, 2.75) is 13.0 Å². The first-order chi connectivity index (χ1) is 12.0. The summed E-state index contributed by atoms with van der Waals surface area (Å²) in [4.78, 5) is 38.1. The van der Waals surface area contributed by atoms with Crippen LogP contribution in [-0.2, 0) is 20.9 Å². The largest absolute Gasteiger partial charge is 0.505 e. The van der Waals surface area contributed by atoms with Crippen molar-refractivity contribution in [3.63, 3.8) is 0 Å². The van der Waals surface area contributed by atoms with Gasteiger partial charge in [0.2, 0.25) is 17.7 Å². The van der Waals surface area contributed by atoms with Crippen molar-refractivity contribution in [2.24, 2.45) is 23.7 Å². The minimum atomic E-state index is -0.771. The van der Waals surface area contributed by atoms with Crippen molar-refractivity contribution in [3.05, 3.63) is 41.7 Å². The van der Waals surface area contributed by atoms with E-state index < -0.39 is 17.5 Å². The second kappa shape index (κ2) is 5.68. The zero-order valence-electron chi connectivity index (χ0n) is 13.3. The van der Waals surface area contributed by atoms with Crippen molar-refractivity contribution in [2.75, 3.05) is 6.54 Å². The molecule has 4 rings (SSSR count). The average molecular weight is 344 g/mol. The number of allylic oxidation sites excluding steroid dienone is 2. The van der Waals surface area contributed by atoms with Crippen molar-refractivity contribution in [1.29, 1.82) is 0 Å². The second-order valence-corrected chi connectivity index (χ2v) is 6.82. The molecule has 6 nitrogen and oxygen atoms in total. The number of phenols is 1. The SMILES string of the molecule is O=C(CN1C(=O)[C@@H]2[C@@H](C1=O)[C@H]1C=C[C@H]2C1)NCc1ccc(O)c(F)c1. The number of nitrogens with one attached hydrogen (secondary N) is 1. The molecule has 2 bridgehead atoms. The molecule has 7 heteroatoms. The normalized spacial score (nSPS) is 29.4. The predicted octanol–water partition coefficient (Wildman–Crippen LogP) is 0.955. The highest BCUT2D eigenvalue weighted by molar-refractivity contribution is 6.08. The van der Waals surface area contributed by atoms with E-state index in [-0.39, 0.29) is 48.6 Å². The quantitative estimate of drug-likeness (QED) is 0.629. The summed E-state index contributed by atoms with van der Waals surface area (Å²) in [6.45, 7) is -0.267. The van der Waals surface area contributed by atoms with E-state index in [1.165, 1.54) is 12.1 Å². The van der Waals surface area contributed by atoms with Crippen LogP contribution in [0.3, 0.4) is 0 Å². The number of carbonyl (C=O) groups excluding carboxylic acids is 3. The van der Waals surface area contributed by atoms with Crippen LogP contribution < -0.4 is 5.32 Å². The fraction of sp³-hybridized carbons (Fsp3) is 0.389. The standard InChI is InChI=1S/C18H17FN2O4/c19-12-5-9(1-4-13(12)22)7-20-14(23)8-21-17(24)15-10-2-3-11(6-10)16(15)18(21)25/h1-5,10-11,15-16,22H,6-8H2,(H,20,23)/t10-,11-,15-,16-/m0/s1. The number of likely N-dealkylation sites (tertiary alicyclic amines) is 1. The minimum Gasteiger partial charge on any atom is -0.505 e. The lowest BCUT2D eigenvalue weighted by Crippen LogP contribution is -2.41. The molecule has 2 N–H and O–H groups in total. The Morgan fingerprint density at radius 3 is 2.44 bits per heavy atom. The molecule has 2 fully saturated rings. The molecular formula is C18H17FN2O4. The molecular weight excluding hydrogens is 327 g/mol. The fourth-order valence-electron chi connectivity index (χ4n) is 4.18. The lowest BCUT2D eigenvalue weighted by molar-refractivity contribution is -0.144. The van der Waals surface area contributed by atoms with E-state index in [1.54, 1.807) is 0 Å². The molecule has 130 valence electrons. The predicted molar refractivity (Wildman–Crippen MR) is 84.3 cm³/mol. The lowest BCUT2D eigenvalue weighted by atomic mass is 9.85. The number of imide groups is 1. The van der Waals surface area contributed by atoms with Crippen LogP contribution in [0.25, 0.3) is 0 Å². The Hall–Kier alpha value is -2.70. The Bertz CT molecular complexity index is 776. The number of hydrogen-bond acceptors (Lipinski definition) is 4. The zero-order valence-corrected chi connectivity index (χ0v) is 13.3. The van der Waals surface area contributed by atoms with E-state index in [0.717, 1.165) is 17.4 Å². The van der Waals surface area contributed by atoms with Gasteiger partial charge in [-0.3, -0.25) is 19.3 Å². The number of fused-ring (bicyclic) bond motifs is 5. The summed E-state index contributed by atoms with van der Waals surface area (Å²) < 4.78 is 13.3. The lowest BCUT2D eigenvalue weighted by Gasteiger charge is -2.16. The highest BCUT2D eigenvalue weighted by Gasteiger charge is 2.59. The molecule has 0 radical (unpaired) electrons. The maximum atomic E-state index is 13.3. The third-order valence-corrected chi connectivity index (χ3v) is 5.37. The molecule has 2 aliphatic carbocycles.